The van der Waals surface area contributed by atoms with E-state index in [4.69, 9.17) is 15.6 Å². The van der Waals surface area contributed by atoms with Crippen LogP contribution in [0.2, 0.25) is 0 Å². The Hall–Kier alpha value is -1.66. The van der Waals surface area contributed by atoms with E-state index in [9.17, 15) is 4.79 Å². The highest BCUT2D eigenvalue weighted by atomic mass is 16.5. The summed E-state index contributed by atoms with van der Waals surface area (Å²) in [7, 11) is 0. The number of carbonyl (C=O) groups is 1. The minimum atomic E-state index is -0.543. The maximum atomic E-state index is 11.0. The first-order valence-corrected chi connectivity index (χ1v) is 5.44. The molecular formula is C11H15N3O3. The molecule has 6 heteroatoms. The molecule has 0 saturated carbocycles. The number of nitrogens with two attached hydrogens (primary N) is 1. The molecule has 1 fully saturated rings. The number of aliphatic hydroxyl groups excluding tert-OH is 1. The van der Waals surface area contributed by atoms with Gasteiger partial charge in [-0.05, 0) is 12.1 Å². The van der Waals surface area contributed by atoms with E-state index in [2.05, 4.69) is 4.98 Å². The Balaban J connectivity index is 2.16. The van der Waals surface area contributed by atoms with Crippen LogP contribution < -0.4 is 10.6 Å². The van der Waals surface area contributed by atoms with Crippen molar-refractivity contribution in [2.75, 3.05) is 31.2 Å². The summed E-state index contributed by atoms with van der Waals surface area (Å²) in [6.45, 7) is 1.86. The molecule has 1 unspecified atom stereocenters. The molecule has 1 aliphatic heterocycles. The number of carbonyl (C=O) groups excluding carboxylic acids is 1. The van der Waals surface area contributed by atoms with E-state index in [1.54, 1.807) is 12.3 Å². The lowest BCUT2D eigenvalue weighted by Crippen LogP contribution is -2.44. The summed E-state index contributed by atoms with van der Waals surface area (Å²) in [6.07, 6.45) is 1.37. The molecule has 6 nitrogen and oxygen atoms in total. The first-order chi connectivity index (χ1) is 8.20. The first kappa shape index (κ1) is 11.8. The summed E-state index contributed by atoms with van der Waals surface area (Å²) in [6, 6.07) is 3.47. The van der Waals surface area contributed by atoms with Crippen LogP contribution in [-0.4, -0.2) is 48.4 Å². The van der Waals surface area contributed by atoms with E-state index in [-0.39, 0.29) is 18.4 Å². The van der Waals surface area contributed by atoms with Crippen molar-refractivity contribution in [3.63, 3.8) is 0 Å². The number of hydrogen-bond donors (Lipinski definition) is 2. The highest BCUT2D eigenvalue weighted by molar-refractivity contribution is 5.91. The van der Waals surface area contributed by atoms with Crippen molar-refractivity contribution in [2.24, 2.45) is 5.73 Å². The summed E-state index contributed by atoms with van der Waals surface area (Å²) in [4.78, 5) is 17.0. The van der Waals surface area contributed by atoms with Gasteiger partial charge in [-0.15, -0.1) is 0 Å². The predicted octanol–water partition coefficient (Wildman–Crippen LogP) is -0.622. The third kappa shape index (κ3) is 2.72. The van der Waals surface area contributed by atoms with Gasteiger partial charge in [0.1, 0.15) is 5.69 Å². The Labute approximate surface area is 99.0 Å². The van der Waals surface area contributed by atoms with Crippen LogP contribution in [0.1, 0.15) is 10.5 Å². The van der Waals surface area contributed by atoms with Gasteiger partial charge in [-0.1, -0.05) is 0 Å². The minimum Gasteiger partial charge on any atom is -0.394 e. The Morgan fingerprint density at radius 1 is 1.71 bits per heavy atom. The third-order valence-electron chi connectivity index (χ3n) is 2.70. The molecule has 1 aliphatic rings. The van der Waals surface area contributed by atoms with Crippen LogP contribution >= 0.6 is 0 Å². The molecule has 0 spiro atoms. The van der Waals surface area contributed by atoms with E-state index in [0.717, 1.165) is 12.2 Å². The maximum Gasteiger partial charge on any atom is 0.267 e. The van der Waals surface area contributed by atoms with E-state index < -0.39 is 5.91 Å². The molecule has 1 amide bonds. The van der Waals surface area contributed by atoms with E-state index >= 15 is 0 Å². The molecule has 0 aromatic carbocycles. The second-order valence-corrected chi connectivity index (χ2v) is 3.88. The average Bonchev–Trinajstić information content (AvgIpc) is 2.39. The number of anilines is 1. The molecule has 0 aliphatic carbocycles. The number of aromatic nitrogens is 1. The van der Waals surface area contributed by atoms with Crippen molar-refractivity contribution in [3.05, 3.63) is 24.0 Å². The SMILES string of the molecule is NC(=O)c1cc(N2CCOC(CO)C2)ccn1. The number of primary amides is 1. The molecule has 2 heterocycles. The van der Waals surface area contributed by atoms with Crippen molar-refractivity contribution in [1.82, 2.24) is 4.98 Å². The molecule has 1 aromatic rings. The van der Waals surface area contributed by atoms with Gasteiger partial charge in [-0.25, -0.2) is 0 Å². The molecule has 92 valence electrons. The molecule has 2 rings (SSSR count). The number of pyridine rings is 1. The lowest BCUT2D eigenvalue weighted by molar-refractivity contribution is 0.00356. The van der Waals surface area contributed by atoms with Crippen molar-refractivity contribution >= 4 is 11.6 Å². The standard InChI is InChI=1S/C11H15N3O3/c12-11(16)10-5-8(1-2-13-10)14-3-4-17-9(6-14)7-15/h1-2,5,9,15H,3-4,6-7H2,(H2,12,16). The van der Waals surface area contributed by atoms with Gasteiger partial charge in [0.05, 0.1) is 19.3 Å². The van der Waals surface area contributed by atoms with Gasteiger partial charge in [0.2, 0.25) is 0 Å². The van der Waals surface area contributed by atoms with Gasteiger partial charge < -0.3 is 20.5 Å². The zero-order chi connectivity index (χ0) is 12.3. The molecule has 1 atom stereocenters. The first-order valence-electron chi connectivity index (χ1n) is 5.44. The van der Waals surface area contributed by atoms with Crippen LogP contribution in [-0.2, 0) is 4.74 Å². The van der Waals surface area contributed by atoms with Crippen molar-refractivity contribution in [1.29, 1.82) is 0 Å². The fourth-order valence-corrected chi connectivity index (χ4v) is 1.82. The third-order valence-corrected chi connectivity index (χ3v) is 2.70. The number of ether oxygens (including phenoxy) is 1. The Kier molecular flexibility index (Phi) is 3.55. The number of rotatable bonds is 3. The van der Waals surface area contributed by atoms with Gasteiger partial charge in [-0.3, -0.25) is 9.78 Å². The monoisotopic (exact) mass is 237 g/mol. The summed E-state index contributed by atoms with van der Waals surface area (Å²) in [5.41, 5.74) is 6.30. The largest absolute Gasteiger partial charge is 0.394 e. The smallest absolute Gasteiger partial charge is 0.267 e. The highest BCUT2D eigenvalue weighted by Crippen LogP contribution is 2.17. The number of nitrogens with zero attached hydrogens (tertiary/aromatic N) is 2. The molecule has 3 N–H and O–H groups in total. The van der Waals surface area contributed by atoms with Crippen LogP contribution in [0.3, 0.4) is 0 Å². The lowest BCUT2D eigenvalue weighted by atomic mass is 10.2. The molecule has 17 heavy (non-hydrogen) atoms. The predicted molar refractivity (Wildman–Crippen MR) is 61.8 cm³/mol. The average molecular weight is 237 g/mol. The topological polar surface area (TPSA) is 88.7 Å². The molecule has 1 aromatic heterocycles. The lowest BCUT2D eigenvalue weighted by Gasteiger charge is -2.33. The van der Waals surface area contributed by atoms with E-state index in [1.165, 1.54) is 0 Å². The molecule has 1 saturated heterocycles. The van der Waals surface area contributed by atoms with Crippen molar-refractivity contribution in [3.8, 4) is 0 Å². The zero-order valence-corrected chi connectivity index (χ0v) is 9.37. The number of hydrogen-bond acceptors (Lipinski definition) is 5. The van der Waals surface area contributed by atoms with E-state index in [0.29, 0.717) is 13.2 Å². The second kappa shape index (κ2) is 5.11. The summed E-state index contributed by atoms with van der Waals surface area (Å²) in [5.74, 6) is -0.543. The van der Waals surface area contributed by atoms with Crippen LogP contribution in [0.4, 0.5) is 5.69 Å². The summed E-state index contributed by atoms with van der Waals surface area (Å²) >= 11 is 0. The molecule has 0 bridgehead atoms. The van der Waals surface area contributed by atoms with Crippen LogP contribution in [0, 0.1) is 0 Å². The number of morpholine rings is 1. The quantitative estimate of drug-likeness (QED) is 0.731. The number of aliphatic hydroxyl groups is 1. The fraction of sp³-hybridized carbons (Fsp3) is 0.455. The van der Waals surface area contributed by atoms with Gasteiger partial charge in [0.25, 0.3) is 5.91 Å². The maximum absolute atomic E-state index is 11.0. The van der Waals surface area contributed by atoms with Crippen molar-refractivity contribution < 1.29 is 14.6 Å². The van der Waals surface area contributed by atoms with Gasteiger partial charge in [0, 0.05) is 25.0 Å². The van der Waals surface area contributed by atoms with Gasteiger partial charge >= 0.3 is 0 Å². The second-order valence-electron chi connectivity index (χ2n) is 3.88. The Morgan fingerprint density at radius 2 is 2.53 bits per heavy atom. The van der Waals surface area contributed by atoms with Gasteiger partial charge in [0.15, 0.2) is 0 Å². The molecule has 0 radical (unpaired) electrons. The van der Waals surface area contributed by atoms with Crippen LogP contribution in [0.5, 0.6) is 0 Å². The van der Waals surface area contributed by atoms with Gasteiger partial charge in [-0.2, -0.15) is 0 Å². The van der Waals surface area contributed by atoms with E-state index in [1.807, 2.05) is 11.0 Å². The fourth-order valence-electron chi connectivity index (χ4n) is 1.82. The summed E-state index contributed by atoms with van der Waals surface area (Å²) in [5, 5.41) is 9.06. The Morgan fingerprint density at radius 3 is 3.24 bits per heavy atom. The van der Waals surface area contributed by atoms with Crippen LogP contribution in [0.15, 0.2) is 18.3 Å². The van der Waals surface area contributed by atoms with Crippen molar-refractivity contribution in [2.45, 2.75) is 6.10 Å². The molecular weight excluding hydrogens is 222 g/mol. The highest BCUT2D eigenvalue weighted by Gasteiger charge is 2.20. The Bertz CT molecular complexity index is 411. The van der Waals surface area contributed by atoms with Crippen LogP contribution in [0.25, 0.3) is 0 Å². The minimum absolute atomic E-state index is 0.00966. The number of amides is 1. The zero-order valence-electron chi connectivity index (χ0n) is 9.37. The normalized spacial score (nSPS) is 20.3. The summed E-state index contributed by atoms with van der Waals surface area (Å²) < 4.78 is 5.36.